The highest BCUT2D eigenvalue weighted by Gasteiger charge is 2.37. The number of thiophene rings is 1. The SMILES string of the molecule is CC(O)c1ccc(C2(CNC(=O)CC3CCCC3)CCCC2)s1. The minimum atomic E-state index is -0.399. The van der Waals surface area contributed by atoms with E-state index in [9.17, 15) is 9.90 Å². The average molecular weight is 336 g/mol. The fourth-order valence-corrected chi connectivity index (χ4v) is 5.43. The molecule has 1 heterocycles. The zero-order valence-corrected chi connectivity index (χ0v) is 15.0. The van der Waals surface area contributed by atoms with Gasteiger partial charge in [0.15, 0.2) is 0 Å². The van der Waals surface area contributed by atoms with Gasteiger partial charge >= 0.3 is 0 Å². The van der Waals surface area contributed by atoms with Gasteiger partial charge in [0.05, 0.1) is 6.10 Å². The van der Waals surface area contributed by atoms with E-state index in [0.717, 1.165) is 24.3 Å². The number of amides is 1. The lowest BCUT2D eigenvalue weighted by molar-refractivity contribution is -0.122. The van der Waals surface area contributed by atoms with Gasteiger partial charge in [-0.3, -0.25) is 4.79 Å². The van der Waals surface area contributed by atoms with Crippen LogP contribution in [0.15, 0.2) is 12.1 Å². The van der Waals surface area contributed by atoms with Crippen molar-refractivity contribution in [1.82, 2.24) is 5.32 Å². The van der Waals surface area contributed by atoms with E-state index in [2.05, 4.69) is 11.4 Å². The first-order valence-electron chi connectivity index (χ1n) is 9.14. The third-order valence-electron chi connectivity index (χ3n) is 5.69. The minimum absolute atomic E-state index is 0.100. The van der Waals surface area contributed by atoms with Gasteiger partial charge in [-0.2, -0.15) is 0 Å². The molecule has 3 rings (SSSR count). The second-order valence-corrected chi connectivity index (χ2v) is 8.61. The summed E-state index contributed by atoms with van der Waals surface area (Å²) in [5, 5.41) is 13.0. The Bertz CT molecular complexity index is 525. The van der Waals surface area contributed by atoms with E-state index in [4.69, 9.17) is 0 Å². The molecule has 0 bridgehead atoms. The van der Waals surface area contributed by atoms with Crippen LogP contribution in [0.2, 0.25) is 0 Å². The van der Waals surface area contributed by atoms with Crippen LogP contribution in [0, 0.1) is 5.92 Å². The lowest BCUT2D eigenvalue weighted by atomic mass is 9.84. The molecule has 0 saturated heterocycles. The Morgan fingerprint density at radius 3 is 2.61 bits per heavy atom. The van der Waals surface area contributed by atoms with Crippen molar-refractivity contribution < 1.29 is 9.90 Å². The van der Waals surface area contributed by atoms with Crippen LogP contribution >= 0.6 is 11.3 Å². The molecule has 0 radical (unpaired) electrons. The first kappa shape index (κ1) is 17.0. The molecule has 2 aliphatic rings. The molecule has 1 amide bonds. The summed E-state index contributed by atoms with van der Waals surface area (Å²) in [6.45, 7) is 2.58. The van der Waals surface area contributed by atoms with E-state index in [1.165, 1.54) is 43.4 Å². The molecule has 1 aromatic heterocycles. The predicted molar refractivity (Wildman–Crippen MR) is 94.7 cm³/mol. The van der Waals surface area contributed by atoms with Crippen molar-refractivity contribution in [1.29, 1.82) is 0 Å². The van der Waals surface area contributed by atoms with E-state index in [-0.39, 0.29) is 11.3 Å². The quantitative estimate of drug-likeness (QED) is 0.814. The van der Waals surface area contributed by atoms with E-state index < -0.39 is 6.10 Å². The summed E-state index contributed by atoms with van der Waals surface area (Å²) in [4.78, 5) is 14.7. The van der Waals surface area contributed by atoms with Gasteiger partial charge in [0.2, 0.25) is 5.91 Å². The molecule has 23 heavy (non-hydrogen) atoms. The highest BCUT2D eigenvalue weighted by atomic mass is 32.1. The van der Waals surface area contributed by atoms with E-state index in [0.29, 0.717) is 12.3 Å². The van der Waals surface area contributed by atoms with Crippen molar-refractivity contribution in [2.24, 2.45) is 5.92 Å². The molecule has 0 aliphatic heterocycles. The molecule has 2 fully saturated rings. The van der Waals surface area contributed by atoms with Crippen LogP contribution in [-0.4, -0.2) is 17.6 Å². The van der Waals surface area contributed by atoms with Gasteiger partial charge in [-0.05, 0) is 50.7 Å². The van der Waals surface area contributed by atoms with Gasteiger partial charge in [0.25, 0.3) is 0 Å². The summed E-state index contributed by atoms with van der Waals surface area (Å²) in [5.41, 5.74) is 0.100. The van der Waals surface area contributed by atoms with E-state index in [1.807, 2.05) is 13.0 Å². The number of rotatable bonds is 6. The Balaban J connectivity index is 1.62. The van der Waals surface area contributed by atoms with Gasteiger partial charge < -0.3 is 10.4 Å². The number of carbonyl (C=O) groups is 1. The Morgan fingerprint density at radius 2 is 2.00 bits per heavy atom. The van der Waals surface area contributed by atoms with Crippen LogP contribution in [-0.2, 0) is 10.2 Å². The molecule has 2 N–H and O–H groups in total. The number of aliphatic hydroxyl groups excluding tert-OH is 1. The van der Waals surface area contributed by atoms with Crippen molar-refractivity contribution in [2.75, 3.05) is 6.54 Å². The number of aliphatic hydroxyl groups is 1. The van der Waals surface area contributed by atoms with E-state index in [1.54, 1.807) is 11.3 Å². The number of hydrogen-bond donors (Lipinski definition) is 2. The fourth-order valence-electron chi connectivity index (χ4n) is 4.24. The summed E-state index contributed by atoms with van der Waals surface area (Å²) < 4.78 is 0. The fraction of sp³-hybridized carbons (Fsp3) is 0.737. The molecule has 2 aliphatic carbocycles. The molecule has 1 unspecified atom stereocenters. The molecule has 0 aromatic carbocycles. The minimum Gasteiger partial charge on any atom is -0.388 e. The van der Waals surface area contributed by atoms with Gasteiger partial charge in [-0.25, -0.2) is 0 Å². The monoisotopic (exact) mass is 335 g/mol. The van der Waals surface area contributed by atoms with Crippen molar-refractivity contribution in [3.63, 3.8) is 0 Å². The van der Waals surface area contributed by atoms with Crippen LogP contribution in [0.1, 0.15) is 80.6 Å². The average Bonchev–Trinajstić information content (AvgIpc) is 3.26. The number of carbonyl (C=O) groups excluding carboxylic acids is 1. The van der Waals surface area contributed by atoms with Crippen LogP contribution in [0.25, 0.3) is 0 Å². The summed E-state index contributed by atoms with van der Waals surface area (Å²) in [6, 6.07) is 4.21. The van der Waals surface area contributed by atoms with Crippen LogP contribution in [0.5, 0.6) is 0 Å². The van der Waals surface area contributed by atoms with Crippen molar-refractivity contribution in [2.45, 2.75) is 76.2 Å². The van der Waals surface area contributed by atoms with Crippen molar-refractivity contribution >= 4 is 17.2 Å². The molecular weight excluding hydrogens is 306 g/mol. The van der Waals surface area contributed by atoms with Crippen molar-refractivity contribution in [3.8, 4) is 0 Å². The second-order valence-electron chi connectivity index (χ2n) is 7.50. The van der Waals surface area contributed by atoms with Crippen LogP contribution in [0.3, 0.4) is 0 Å². The summed E-state index contributed by atoms with van der Waals surface area (Å²) >= 11 is 1.72. The maximum absolute atomic E-state index is 12.3. The lowest BCUT2D eigenvalue weighted by Crippen LogP contribution is -2.39. The maximum Gasteiger partial charge on any atom is 0.220 e. The van der Waals surface area contributed by atoms with Crippen LogP contribution in [0.4, 0.5) is 0 Å². The Labute approximate surface area is 143 Å². The molecular formula is C19H29NO2S. The first-order chi connectivity index (χ1) is 11.1. The summed E-state index contributed by atoms with van der Waals surface area (Å²) in [7, 11) is 0. The first-order valence-corrected chi connectivity index (χ1v) is 9.96. The molecule has 0 spiro atoms. The molecule has 2 saturated carbocycles. The number of hydrogen-bond acceptors (Lipinski definition) is 3. The zero-order valence-electron chi connectivity index (χ0n) is 14.1. The summed E-state index contributed by atoms with van der Waals surface area (Å²) in [5.74, 6) is 0.841. The second kappa shape index (κ2) is 7.35. The maximum atomic E-state index is 12.3. The lowest BCUT2D eigenvalue weighted by Gasteiger charge is -2.28. The zero-order chi connectivity index (χ0) is 16.3. The smallest absolute Gasteiger partial charge is 0.220 e. The molecule has 3 nitrogen and oxygen atoms in total. The molecule has 1 aromatic rings. The predicted octanol–water partition coefficient (Wildman–Crippen LogP) is 4.31. The normalized spacial score (nSPS) is 22.3. The Morgan fingerprint density at radius 1 is 1.30 bits per heavy atom. The third-order valence-corrected chi connectivity index (χ3v) is 7.20. The highest BCUT2D eigenvalue weighted by molar-refractivity contribution is 7.12. The number of nitrogens with one attached hydrogen (secondary N) is 1. The van der Waals surface area contributed by atoms with Gasteiger partial charge in [0.1, 0.15) is 0 Å². The highest BCUT2D eigenvalue weighted by Crippen LogP contribution is 2.44. The Hall–Kier alpha value is -0.870. The molecule has 4 heteroatoms. The molecule has 1 atom stereocenters. The van der Waals surface area contributed by atoms with Crippen LogP contribution < -0.4 is 5.32 Å². The topological polar surface area (TPSA) is 49.3 Å². The largest absolute Gasteiger partial charge is 0.388 e. The van der Waals surface area contributed by atoms with Gasteiger partial charge in [0, 0.05) is 28.1 Å². The molecule has 128 valence electrons. The van der Waals surface area contributed by atoms with E-state index >= 15 is 0 Å². The summed E-state index contributed by atoms with van der Waals surface area (Å²) in [6.07, 6.45) is 10.1. The Kier molecular flexibility index (Phi) is 5.42. The van der Waals surface area contributed by atoms with Gasteiger partial charge in [-0.1, -0.05) is 25.7 Å². The third kappa shape index (κ3) is 3.97. The van der Waals surface area contributed by atoms with Crippen molar-refractivity contribution in [3.05, 3.63) is 21.9 Å². The van der Waals surface area contributed by atoms with Gasteiger partial charge in [-0.15, -0.1) is 11.3 Å². The standard InChI is InChI=1S/C19H29NO2S/c1-14(21)16-8-9-17(23-16)19(10-4-5-11-19)13-20-18(22)12-15-6-2-3-7-15/h8-9,14-15,21H,2-7,10-13H2,1H3,(H,20,22).